The second kappa shape index (κ2) is 4.65. The highest BCUT2D eigenvalue weighted by molar-refractivity contribution is 5.88. The van der Waals surface area contributed by atoms with Crippen LogP contribution < -0.4 is 0 Å². The highest BCUT2D eigenvalue weighted by Gasteiger charge is 2.29. The highest BCUT2D eigenvalue weighted by atomic mass is 16.5. The zero-order valence-corrected chi connectivity index (χ0v) is 12.6. The van der Waals surface area contributed by atoms with Crippen molar-refractivity contribution in [1.29, 1.82) is 0 Å². The van der Waals surface area contributed by atoms with E-state index in [1.165, 1.54) is 40.4 Å². The summed E-state index contributed by atoms with van der Waals surface area (Å²) in [5, 5.41) is 1.30. The van der Waals surface area contributed by atoms with E-state index in [1.54, 1.807) is 0 Å². The molecule has 3 nitrogen and oxygen atoms in total. The van der Waals surface area contributed by atoms with E-state index < -0.39 is 0 Å². The molecule has 1 aliphatic rings. The molecule has 1 unspecified atom stereocenters. The molecule has 0 radical (unpaired) electrons. The molecule has 3 rings (SSSR count). The predicted molar refractivity (Wildman–Crippen MR) is 79.9 cm³/mol. The normalized spacial score (nSPS) is 18.1. The predicted octanol–water partition coefficient (Wildman–Crippen LogP) is 3.07. The lowest BCUT2D eigenvalue weighted by Crippen LogP contribution is -2.24. The van der Waals surface area contributed by atoms with E-state index >= 15 is 0 Å². The Balaban J connectivity index is 2.15. The van der Waals surface area contributed by atoms with E-state index in [2.05, 4.69) is 37.6 Å². The molecular weight excluding hydrogens is 250 g/mol. The van der Waals surface area contributed by atoms with Gasteiger partial charge in [0.15, 0.2) is 0 Å². The first kappa shape index (κ1) is 13.2. The number of carbonyl (C=O) groups excluding carboxylic acids is 1. The lowest BCUT2D eigenvalue weighted by molar-refractivity contribution is -0.145. The number of aryl methyl sites for hydroxylation is 3. The molecule has 1 aromatic carbocycles. The van der Waals surface area contributed by atoms with Crippen molar-refractivity contribution in [1.82, 2.24) is 4.57 Å². The first-order valence-electron chi connectivity index (χ1n) is 7.18. The summed E-state index contributed by atoms with van der Waals surface area (Å²) in [4.78, 5) is 11.8. The summed E-state index contributed by atoms with van der Waals surface area (Å²) >= 11 is 0. The summed E-state index contributed by atoms with van der Waals surface area (Å²) in [6.07, 6.45) is 2.65. The molecule has 0 amide bonds. The van der Waals surface area contributed by atoms with Crippen molar-refractivity contribution in [2.24, 2.45) is 13.0 Å². The van der Waals surface area contributed by atoms with Crippen LogP contribution in [0.3, 0.4) is 0 Å². The Morgan fingerprint density at radius 3 is 2.70 bits per heavy atom. The summed E-state index contributed by atoms with van der Waals surface area (Å²) in [5.74, 6) is -0.0591. The molecule has 0 aliphatic heterocycles. The first-order valence-corrected chi connectivity index (χ1v) is 7.18. The number of carbonyl (C=O) groups is 1. The third-order valence-electron chi connectivity index (χ3n) is 4.77. The zero-order chi connectivity index (χ0) is 14.4. The summed E-state index contributed by atoms with van der Waals surface area (Å²) in [7, 11) is 3.61. The van der Waals surface area contributed by atoms with Gasteiger partial charge in [-0.2, -0.15) is 0 Å². The number of hydrogen-bond donors (Lipinski definition) is 0. The molecule has 1 atom stereocenters. The largest absolute Gasteiger partial charge is 0.469 e. The molecule has 0 spiro atoms. The Kier molecular flexibility index (Phi) is 3.08. The Morgan fingerprint density at radius 2 is 2.00 bits per heavy atom. The van der Waals surface area contributed by atoms with E-state index in [9.17, 15) is 4.79 Å². The molecule has 2 aromatic rings. The minimum atomic E-state index is -0.0727. The number of aromatic nitrogens is 1. The molecule has 1 aromatic heterocycles. The first-order chi connectivity index (χ1) is 9.52. The lowest BCUT2D eigenvalue weighted by atomic mass is 9.86. The van der Waals surface area contributed by atoms with Crippen molar-refractivity contribution in [3.8, 4) is 0 Å². The fourth-order valence-corrected chi connectivity index (χ4v) is 3.40. The van der Waals surface area contributed by atoms with Crippen molar-refractivity contribution >= 4 is 16.9 Å². The second-order valence-electron chi connectivity index (χ2n) is 5.90. The molecule has 3 heteroatoms. The molecule has 1 heterocycles. The van der Waals surface area contributed by atoms with Gasteiger partial charge in [-0.3, -0.25) is 4.79 Å². The third kappa shape index (κ3) is 1.84. The Bertz CT molecular complexity index is 697. The molecule has 106 valence electrons. The molecule has 20 heavy (non-hydrogen) atoms. The van der Waals surface area contributed by atoms with Gasteiger partial charge in [-0.1, -0.05) is 0 Å². The van der Waals surface area contributed by atoms with Crippen LogP contribution in [0.5, 0.6) is 0 Å². The number of nitrogens with zero attached hydrogens (tertiary/aromatic N) is 1. The number of hydrogen-bond acceptors (Lipinski definition) is 2. The minimum absolute atomic E-state index is 0.0136. The van der Waals surface area contributed by atoms with Crippen LogP contribution in [-0.2, 0) is 29.4 Å². The molecule has 0 bridgehead atoms. The van der Waals surface area contributed by atoms with Crippen molar-refractivity contribution < 1.29 is 9.53 Å². The number of benzene rings is 1. The van der Waals surface area contributed by atoms with Crippen molar-refractivity contribution in [3.05, 3.63) is 34.5 Å². The second-order valence-corrected chi connectivity index (χ2v) is 5.90. The standard InChI is InChI=1S/C17H21NO2/c1-10-7-13-14-9-12(17(19)20-4)5-6-15(14)18(3)16(13)8-11(10)2/h7-8,12H,5-6,9H2,1-4H3. The topological polar surface area (TPSA) is 31.2 Å². The Hall–Kier alpha value is -1.77. The van der Waals surface area contributed by atoms with Crippen LogP contribution in [0.2, 0.25) is 0 Å². The quantitative estimate of drug-likeness (QED) is 0.746. The number of fused-ring (bicyclic) bond motifs is 3. The van der Waals surface area contributed by atoms with Gasteiger partial charge in [0, 0.05) is 23.6 Å². The monoisotopic (exact) mass is 271 g/mol. The van der Waals surface area contributed by atoms with Crippen molar-refractivity contribution in [3.63, 3.8) is 0 Å². The maximum absolute atomic E-state index is 11.8. The van der Waals surface area contributed by atoms with E-state index in [1.807, 2.05) is 0 Å². The van der Waals surface area contributed by atoms with Crippen LogP contribution in [0.4, 0.5) is 0 Å². The van der Waals surface area contributed by atoms with Gasteiger partial charge < -0.3 is 9.30 Å². The Morgan fingerprint density at radius 1 is 1.30 bits per heavy atom. The molecular formula is C17H21NO2. The van der Waals surface area contributed by atoms with Crippen LogP contribution in [0, 0.1) is 19.8 Å². The number of methoxy groups -OCH3 is 1. The molecule has 0 saturated heterocycles. The van der Waals surface area contributed by atoms with Gasteiger partial charge >= 0.3 is 5.97 Å². The average molecular weight is 271 g/mol. The SMILES string of the molecule is COC(=O)C1CCc2c(c3cc(C)c(C)cc3n2C)C1. The number of rotatable bonds is 1. The van der Waals surface area contributed by atoms with Gasteiger partial charge in [-0.25, -0.2) is 0 Å². The maximum Gasteiger partial charge on any atom is 0.309 e. The average Bonchev–Trinajstić information content (AvgIpc) is 2.71. The van der Waals surface area contributed by atoms with E-state index in [-0.39, 0.29) is 11.9 Å². The van der Waals surface area contributed by atoms with Crippen LogP contribution >= 0.6 is 0 Å². The van der Waals surface area contributed by atoms with Gasteiger partial charge in [0.2, 0.25) is 0 Å². The molecule has 0 fully saturated rings. The van der Waals surface area contributed by atoms with E-state index in [0.29, 0.717) is 0 Å². The molecule has 0 saturated carbocycles. The van der Waals surface area contributed by atoms with Gasteiger partial charge in [0.25, 0.3) is 0 Å². The summed E-state index contributed by atoms with van der Waals surface area (Å²) in [6, 6.07) is 4.53. The fourth-order valence-electron chi connectivity index (χ4n) is 3.40. The van der Waals surface area contributed by atoms with Gasteiger partial charge in [-0.15, -0.1) is 0 Å². The van der Waals surface area contributed by atoms with Gasteiger partial charge in [0.1, 0.15) is 0 Å². The van der Waals surface area contributed by atoms with Crippen LogP contribution in [0.25, 0.3) is 10.9 Å². The van der Waals surface area contributed by atoms with Crippen molar-refractivity contribution in [2.75, 3.05) is 7.11 Å². The maximum atomic E-state index is 11.8. The summed E-state index contributed by atoms with van der Waals surface area (Å²) in [5.41, 5.74) is 6.63. The van der Waals surface area contributed by atoms with E-state index in [4.69, 9.17) is 4.74 Å². The van der Waals surface area contributed by atoms with Crippen LogP contribution in [0.1, 0.15) is 28.8 Å². The van der Waals surface area contributed by atoms with Crippen LogP contribution in [-0.4, -0.2) is 17.6 Å². The zero-order valence-electron chi connectivity index (χ0n) is 12.6. The highest BCUT2D eigenvalue weighted by Crippen LogP contribution is 2.35. The molecule has 1 aliphatic carbocycles. The smallest absolute Gasteiger partial charge is 0.309 e. The van der Waals surface area contributed by atoms with Crippen LogP contribution in [0.15, 0.2) is 12.1 Å². The summed E-state index contributed by atoms with van der Waals surface area (Å²) in [6.45, 7) is 4.30. The fraction of sp³-hybridized carbons (Fsp3) is 0.471. The van der Waals surface area contributed by atoms with Gasteiger partial charge in [0.05, 0.1) is 13.0 Å². The van der Waals surface area contributed by atoms with Gasteiger partial charge in [-0.05, 0) is 61.9 Å². The Labute approximate surface area is 119 Å². The lowest BCUT2D eigenvalue weighted by Gasteiger charge is -2.21. The minimum Gasteiger partial charge on any atom is -0.469 e. The molecule has 0 N–H and O–H groups in total. The van der Waals surface area contributed by atoms with E-state index in [0.717, 1.165) is 19.3 Å². The number of ether oxygens (including phenoxy) is 1. The number of esters is 1. The third-order valence-corrected chi connectivity index (χ3v) is 4.77. The van der Waals surface area contributed by atoms with Crippen molar-refractivity contribution in [2.45, 2.75) is 33.1 Å². The summed E-state index contributed by atoms with van der Waals surface area (Å²) < 4.78 is 7.22.